The first-order chi connectivity index (χ1) is 16.1. The van der Waals surface area contributed by atoms with Crippen LogP contribution in [0, 0.1) is 5.92 Å². The van der Waals surface area contributed by atoms with Crippen molar-refractivity contribution in [3.8, 4) is 0 Å². The number of carbonyl (C=O) groups is 1. The molecule has 0 spiro atoms. The average molecular weight is 445 g/mol. The molecule has 1 aliphatic carbocycles. The Morgan fingerprint density at radius 3 is 2.67 bits per heavy atom. The van der Waals surface area contributed by atoms with Crippen molar-refractivity contribution >= 4 is 29.2 Å². The van der Waals surface area contributed by atoms with Crippen molar-refractivity contribution in [1.82, 2.24) is 15.0 Å². The van der Waals surface area contributed by atoms with E-state index in [1.54, 1.807) is 0 Å². The van der Waals surface area contributed by atoms with Gasteiger partial charge in [0.1, 0.15) is 5.82 Å². The highest BCUT2D eigenvalue weighted by Crippen LogP contribution is 2.21. The zero-order valence-electron chi connectivity index (χ0n) is 19.5. The van der Waals surface area contributed by atoms with E-state index in [0.29, 0.717) is 23.4 Å². The maximum absolute atomic E-state index is 13.0. The molecule has 2 aliphatic rings. The highest BCUT2D eigenvalue weighted by molar-refractivity contribution is 6.11. The maximum Gasteiger partial charge on any atom is 0.255 e. The number of amides is 1. The fourth-order valence-corrected chi connectivity index (χ4v) is 3.96. The lowest BCUT2D eigenvalue weighted by Gasteiger charge is -2.26. The SMILES string of the molecule is CCc1nc(N=C2C=C(C(=O)Nc3ccccc3)C=CC(C)CC2)nc(N2CCCCC2)n1. The Bertz CT molecular complexity index is 1050. The Morgan fingerprint density at radius 2 is 1.91 bits per heavy atom. The van der Waals surface area contributed by atoms with Gasteiger partial charge in [0.05, 0.1) is 0 Å². The summed E-state index contributed by atoms with van der Waals surface area (Å²) in [5.74, 6) is 2.07. The van der Waals surface area contributed by atoms with Gasteiger partial charge in [-0.3, -0.25) is 4.79 Å². The zero-order valence-corrected chi connectivity index (χ0v) is 19.5. The molecule has 1 atom stereocenters. The van der Waals surface area contributed by atoms with Crippen LogP contribution in [0.4, 0.5) is 17.6 Å². The van der Waals surface area contributed by atoms with Crippen LogP contribution in [-0.4, -0.2) is 39.7 Å². The first-order valence-corrected chi connectivity index (χ1v) is 11.9. The van der Waals surface area contributed by atoms with Crippen LogP contribution in [0.25, 0.3) is 0 Å². The highest BCUT2D eigenvalue weighted by Gasteiger charge is 2.17. The third-order valence-electron chi connectivity index (χ3n) is 5.93. The second kappa shape index (κ2) is 11.0. The van der Waals surface area contributed by atoms with E-state index in [4.69, 9.17) is 4.99 Å². The summed E-state index contributed by atoms with van der Waals surface area (Å²) in [7, 11) is 0. The zero-order chi connectivity index (χ0) is 23.0. The molecular formula is C26H32N6O. The van der Waals surface area contributed by atoms with Crippen molar-refractivity contribution in [2.45, 2.75) is 52.4 Å². The lowest BCUT2D eigenvalue weighted by atomic mass is 9.97. The summed E-state index contributed by atoms with van der Waals surface area (Å²) >= 11 is 0. The molecule has 7 nitrogen and oxygen atoms in total. The Hall–Kier alpha value is -3.35. The van der Waals surface area contributed by atoms with Gasteiger partial charge < -0.3 is 10.2 Å². The minimum absolute atomic E-state index is 0.154. The summed E-state index contributed by atoms with van der Waals surface area (Å²) in [4.78, 5) is 33.9. The monoisotopic (exact) mass is 444 g/mol. The van der Waals surface area contributed by atoms with Crippen molar-refractivity contribution < 1.29 is 4.79 Å². The number of piperidine rings is 1. The molecule has 2 aromatic rings. The predicted octanol–water partition coefficient (Wildman–Crippen LogP) is 5.05. The summed E-state index contributed by atoms with van der Waals surface area (Å²) in [6.07, 6.45) is 11.8. The summed E-state index contributed by atoms with van der Waals surface area (Å²) in [6, 6.07) is 9.48. The van der Waals surface area contributed by atoms with Gasteiger partial charge in [-0.1, -0.05) is 44.2 Å². The Labute approximate surface area is 195 Å². The number of aliphatic imine (C=N–C) groups is 1. The normalized spacial score (nSPS) is 20.2. The minimum atomic E-state index is -0.154. The summed E-state index contributed by atoms with van der Waals surface area (Å²) in [6.45, 7) is 6.13. The number of anilines is 2. The van der Waals surface area contributed by atoms with Crippen molar-refractivity contribution in [1.29, 1.82) is 0 Å². The second-order valence-electron chi connectivity index (χ2n) is 8.65. The third-order valence-corrected chi connectivity index (χ3v) is 5.93. The van der Waals surface area contributed by atoms with Crippen molar-refractivity contribution in [3.05, 3.63) is 60.0 Å². The van der Waals surface area contributed by atoms with E-state index in [1.165, 1.54) is 6.42 Å². The first kappa shape index (κ1) is 22.8. The van der Waals surface area contributed by atoms with E-state index >= 15 is 0 Å². The van der Waals surface area contributed by atoms with Crippen LogP contribution in [0.15, 0.2) is 59.1 Å². The molecule has 0 radical (unpaired) electrons. The number of hydrogen-bond acceptors (Lipinski definition) is 6. The molecule has 1 aromatic carbocycles. The predicted molar refractivity (Wildman–Crippen MR) is 133 cm³/mol. The molecule has 172 valence electrons. The molecule has 4 rings (SSSR count). The molecule has 1 aromatic heterocycles. The van der Waals surface area contributed by atoms with Crippen LogP contribution in [0.5, 0.6) is 0 Å². The smallest absolute Gasteiger partial charge is 0.255 e. The van der Waals surface area contributed by atoms with Crippen molar-refractivity contribution in [3.63, 3.8) is 0 Å². The highest BCUT2D eigenvalue weighted by atomic mass is 16.1. The van der Waals surface area contributed by atoms with E-state index < -0.39 is 0 Å². The lowest BCUT2D eigenvalue weighted by Crippen LogP contribution is -2.31. The molecule has 1 amide bonds. The number of hydrogen-bond donors (Lipinski definition) is 1. The van der Waals surface area contributed by atoms with Gasteiger partial charge in [-0.2, -0.15) is 15.0 Å². The molecule has 1 N–H and O–H groups in total. The van der Waals surface area contributed by atoms with E-state index in [2.05, 4.69) is 38.2 Å². The maximum atomic E-state index is 13.0. The van der Waals surface area contributed by atoms with Gasteiger partial charge in [0.15, 0.2) is 0 Å². The van der Waals surface area contributed by atoms with Crippen LogP contribution in [0.1, 0.15) is 51.8 Å². The van der Waals surface area contributed by atoms with Crippen LogP contribution in [0.3, 0.4) is 0 Å². The number of carbonyl (C=O) groups excluding carboxylic acids is 1. The van der Waals surface area contributed by atoms with Crippen LogP contribution in [-0.2, 0) is 11.2 Å². The molecule has 1 unspecified atom stereocenters. The average Bonchev–Trinajstić information content (AvgIpc) is 2.84. The molecule has 1 fully saturated rings. The summed E-state index contributed by atoms with van der Waals surface area (Å²) in [5, 5.41) is 2.97. The Morgan fingerprint density at radius 1 is 1.12 bits per heavy atom. The van der Waals surface area contributed by atoms with Gasteiger partial charge in [0, 0.05) is 36.5 Å². The van der Waals surface area contributed by atoms with Gasteiger partial charge in [0.2, 0.25) is 5.95 Å². The quantitative estimate of drug-likeness (QED) is 0.698. The van der Waals surface area contributed by atoms with Gasteiger partial charge in [-0.05, 0) is 56.2 Å². The fourth-order valence-electron chi connectivity index (χ4n) is 3.96. The lowest BCUT2D eigenvalue weighted by molar-refractivity contribution is -0.112. The van der Waals surface area contributed by atoms with E-state index in [1.807, 2.05) is 49.4 Å². The number of nitrogens with zero attached hydrogens (tertiary/aromatic N) is 5. The number of benzene rings is 1. The van der Waals surface area contributed by atoms with E-state index in [0.717, 1.165) is 62.4 Å². The summed E-state index contributed by atoms with van der Waals surface area (Å²) in [5.41, 5.74) is 2.15. The van der Waals surface area contributed by atoms with Crippen molar-refractivity contribution in [2.24, 2.45) is 10.9 Å². The van der Waals surface area contributed by atoms with Crippen LogP contribution in [0.2, 0.25) is 0 Å². The van der Waals surface area contributed by atoms with Crippen LogP contribution >= 0.6 is 0 Å². The Kier molecular flexibility index (Phi) is 7.60. The number of aromatic nitrogens is 3. The number of para-hydroxylation sites is 1. The van der Waals surface area contributed by atoms with Gasteiger partial charge in [-0.25, -0.2) is 4.99 Å². The number of aryl methyl sites for hydroxylation is 1. The Balaban J connectivity index is 1.64. The van der Waals surface area contributed by atoms with Gasteiger partial charge >= 0.3 is 0 Å². The third kappa shape index (κ3) is 6.34. The van der Waals surface area contributed by atoms with Crippen LogP contribution < -0.4 is 10.2 Å². The van der Waals surface area contributed by atoms with Gasteiger partial charge in [0.25, 0.3) is 11.9 Å². The molecule has 0 bridgehead atoms. The van der Waals surface area contributed by atoms with E-state index in [-0.39, 0.29) is 5.91 Å². The molecule has 0 saturated carbocycles. The molecular weight excluding hydrogens is 412 g/mol. The van der Waals surface area contributed by atoms with Gasteiger partial charge in [-0.15, -0.1) is 0 Å². The molecule has 33 heavy (non-hydrogen) atoms. The number of rotatable bonds is 5. The number of allylic oxidation sites excluding steroid dienone is 2. The van der Waals surface area contributed by atoms with E-state index in [9.17, 15) is 4.79 Å². The second-order valence-corrected chi connectivity index (χ2v) is 8.65. The number of nitrogens with one attached hydrogen (secondary N) is 1. The standard InChI is InChI=1S/C26H32N6O/c1-3-23-29-25(31-26(30-23)32-16-8-5-9-17-32)28-22-15-13-19(2)12-14-20(18-22)24(33)27-21-10-6-4-7-11-21/h4,6-7,10-12,14,18-19H,3,5,8-9,13,15-17H2,1-2H3,(H,27,33). The molecule has 7 heteroatoms. The minimum Gasteiger partial charge on any atom is -0.341 e. The summed E-state index contributed by atoms with van der Waals surface area (Å²) < 4.78 is 0. The first-order valence-electron chi connectivity index (χ1n) is 11.9. The molecule has 2 heterocycles. The molecule has 1 saturated heterocycles. The topological polar surface area (TPSA) is 83.4 Å². The van der Waals surface area contributed by atoms with Crippen molar-refractivity contribution in [2.75, 3.05) is 23.3 Å². The largest absolute Gasteiger partial charge is 0.341 e. The molecule has 1 aliphatic heterocycles. The fraction of sp³-hybridized carbons (Fsp3) is 0.423.